The molecule has 0 saturated carbocycles. The second kappa shape index (κ2) is 6.92. The fourth-order valence-corrected chi connectivity index (χ4v) is 3.45. The number of anilines is 1. The Kier molecular flexibility index (Phi) is 4.86. The summed E-state index contributed by atoms with van der Waals surface area (Å²) in [5.41, 5.74) is 4.18. The number of carbonyl (C=O) groups is 2. The van der Waals surface area contributed by atoms with Crippen LogP contribution >= 0.6 is 15.9 Å². The maximum Gasteiger partial charge on any atom is 0.231 e. The highest BCUT2D eigenvalue weighted by molar-refractivity contribution is 9.15. The van der Waals surface area contributed by atoms with Crippen molar-refractivity contribution in [2.75, 3.05) is 4.90 Å². The molecule has 1 aliphatic heterocycles. The van der Waals surface area contributed by atoms with E-state index in [9.17, 15) is 14.0 Å². The Morgan fingerprint density at radius 1 is 1.20 bits per heavy atom. The number of rotatable bonds is 3. The van der Waals surface area contributed by atoms with E-state index in [4.69, 9.17) is 0 Å². The van der Waals surface area contributed by atoms with E-state index >= 15 is 0 Å². The van der Waals surface area contributed by atoms with Crippen molar-refractivity contribution < 1.29 is 14.0 Å². The van der Waals surface area contributed by atoms with Crippen LogP contribution in [0.1, 0.15) is 28.7 Å². The molecule has 1 amide bonds. The van der Waals surface area contributed by atoms with Crippen LogP contribution < -0.4 is 4.90 Å². The molecule has 0 aromatic heterocycles. The second-order valence-corrected chi connectivity index (χ2v) is 7.01. The van der Waals surface area contributed by atoms with Gasteiger partial charge in [-0.25, -0.2) is 4.39 Å². The number of aldehydes is 1. The van der Waals surface area contributed by atoms with Crippen LogP contribution in [-0.2, 0) is 16.1 Å². The first-order chi connectivity index (χ1) is 11.9. The SMILES string of the molecule is Cc1ccc2c(c1)N(Cc1ccc(C)c(F)c1)C(=O)CC(C=O)=C2Br. The number of hydrogen-bond acceptors (Lipinski definition) is 2. The summed E-state index contributed by atoms with van der Waals surface area (Å²) in [5, 5.41) is 0. The minimum atomic E-state index is -0.294. The van der Waals surface area contributed by atoms with Crippen LogP contribution in [0.25, 0.3) is 4.48 Å². The number of benzene rings is 2. The van der Waals surface area contributed by atoms with Crippen molar-refractivity contribution >= 4 is 38.3 Å². The predicted octanol–water partition coefficient (Wildman–Crippen LogP) is 4.68. The molecule has 1 aliphatic rings. The zero-order valence-electron chi connectivity index (χ0n) is 14.0. The maximum atomic E-state index is 13.9. The summed E-state index contributed by atoms with van der Waals surface area (Å²) in [6, 6.07) is 10.7. The minimum absolute atomic E-state index is 0.00611. The monoisotopic (exact) mass is 401 g/mol. The second-order valence-electron chi connectivity index (χ2n) is 6.22. The number of hydrogen-bond donors (Lipinski definition) is 0. The molecule has 3 rings (SSSR count). The molecule has 5 heteroatoms. The first-order valence-electron chi connectivity index (χ1n) is 7.91. The summed E-state index contributed by atoms with van der Waals surface area (Å²) in [6.45, 7) is 3.89. The highest BCUT2D eigenvalue weighted by Gasteiger charge is 2.27. The van der Waals surface area contributed by atoms with Gasteiger partial charge in [-0.15, -0.1) is 0 Å². The average Bonchev–Trinajstić information content (AvgIpc) is 2.68. The van der Waals surface area contributed by atoms with Crippen molar-refractivity contribution in [3.63, 3.8) is 0 Å². The predicted molar refractivity (Wildman–Crippen MR) is 100 cm³/mol. The Labute approximate surface area is 154 Å². The molecule has 2 aromatic rings. The lowest BCUT2D eigenvalue weighted by atomic mass is 10.1. The zero-order valence-corrected chi connectivity index (χ0v) is 15.6. The largest absolute Gasteiger partial charge is 0.307 e. The van der Waals surface area contributed by atoms with E-state index in [0.29, 0.717) is 27.5 Å². The molecule has 0 aliphatic carbocycles. The van der Waals surface area contributed by atoms with E-state index in [1.54, 1.807) is 17.9 Å². The highest BCUT2D eigenvalue weighted by Crippen LogP contribution is 2.38. The first-order valence-corrected chi connectivity index (χ1v) is 8.70. The quantitative estimate of drug-likeness (QED) is 0.699. The minimum Gasteiger partial charge on any atom is -0.307 e. The third-order valence-corrected chi connectivity index (χ3v) is 5.26. The van der Waals surface area contributed by atoms with E-state index in [0.717, 1.165) is 16.8 Å². The molecule has 25 heavy (non-hydrogen) atoms. The third kappa shape index (κ3) is 3.42. The number of fused-ring (bicyclic) bond motifs is 1. The van der Waals surface area contributed by atoms with Crippen LogP contribution in [-0.4, -0.2) is 12.2 Å². The summed E-state index contributed by atoms with van der Waals surface area (Å²) >= 11 is 3.46. The molecule has 0 radical (unpaired) electrons. The molecule has 0 N–H and O–H groups in total. The number of nitrogens with zero attached hydrogens (tertiary/aromatic N) is 1. The Morgan fingerprint density at radius 3 is 2.64 bits per heavy atom. The number of aryl methyl sites for hydroxylation is 2. The van der Waals surface area contributed by atoms with Crippen LogP contribution in [0.4, 0.5) is 10.1 Å². The molecule has 1 heterocycles. The third-order valence-electron chi connectivity index (χ3n) is 4.32. The fourth-order valence-electron chi connectivity index (χ4n) is 2.88. The zero-order chi connectivity index (χ0) is 18.1. The van der Waals surface area contributed by atoms with Gasteiger partial charge in [-0.3, -0.25) is 9.59 Å². The summed E-state index contributed by atoms with van der Waals surface area (Å²) in [6.07, 6.45) is 0.715. The van der Waals surface area contributed by atoms with Crippen LogP contribution in [0.3, 0.4) is 0 Å². The average molecular weight is 402 g/mol. The first kappa shape index (κ1) is 17.5. The van der Waals surface area contributed by atoms with E-state index in [2.05, 4.69) is 15.9 Å². The van der Waals surface area contributed by atoms with E-state index in [-0.39, 0.29) is 24.7 Å². The van der Waals surface area contributed by atoms with Crippen molar-refractivity contribution in [1.29, 1.82) is 0 Å². The molecule has 0 saturated heterocycles. The van der Waals surface area contributed by atoms with Crippen LogP contribution in [0.2, 0.25) is 0 Å². The van der Waals surface area contributed by atoms with Gasteiger partial charge in [0.05, 0.1) is 18.7 Å². The van der Waals surface area contributed by atoms with Crippen molar-refractivity contribution in [1.82, 2.24) is 0 Å². The molecule has 2 aromatic carbocycles. The normalized spacial score (nSPS) is 14.4. The summed E-state index contributed by atoms with van der Waals surface area (Å²) in [5.74, 6) is -0.485. The van der Waals surface area contributed by atoms with Gasteiger partial charge >= 0.3 is 0 Å². The van der Waals surface area contributed by atoms with Gasteiger partial charge in [0.15, 0.2) is 0 Å². The molecular formula is C20H17BrFNO2. The van der Waals surface area contributed by atoms with Gasteiger partial charge in [0.1, 0.15) is 12.1 Å². The number of halogens is 2. The molecule has 0 atom stereocenters. The van der Waals surface area contributed by atoms with Crippen molar-refractivity contribution in [2.45, 2.75) is 26.8 Å². The molecule has 0 spiro atoms. The lowest BCUT2D eigenvalue weighted by molar-refractivity contribution is -0.118. The van der Waals surface area contributed by atoms with Crippen LogP contribution in [0.5, 0.6) is 0 Å². The summed E-state index contributed by atoms with van der Waals surface area (Å²) < 4.78 is 14.5. The molecule has 0 bridgehead atoms. The van der Waals surface area contributed by atoms with Crippen molar-refractivity contribution in [2.24, 2.45) is 0 Å². The summed E-state index contributed by atoms with van der Waals surface area (Å²) in [7, 11) is 0. The summed E-state index contributed by atoms with van der Waals surface area (Å²) in [4.78, 5) is 25.8. The van der Waals surface area contributed by atoms with Gasteiger partial charge in [0.25, 0.3) is 0 Å². The number of carbonyl (C=O) groups excluding carboxylic acids is 2. The molecule has 0 unspecified atom stereocenters. The Morgan fingerprint density at radius 2 is 1.96 bits per heavy atom. The van der Waals surface area contributed by atoms with Gasteiger partial charge in [-0.1, -0.05) is 24.3 Å². The maximum absolute atomic E-state index is 13.9. The smallest absolute Gasteiger partial charge is 0.231 e. The molecular weight excluding hydrogens is 385 g/mol. The van der Waals surface area contributed by atoms with Gasteiger partial charge in [0.2, 0.25) is 5.91 Å². The lowest BCUT2D eigenvalue weighted by Crippen LogP contribution is -2.30. The molecule has 128 valence electrons. The van der Waals surface area contributed by atoms with Gasteiger partial charge < -0.3 is 4.90 Å². The van der Waals surface area contributed by atoms with E-state index in [1.807, 2.05) is 31.2 Å². The standard InChI is InChI=1S/C20H17BrFNO2/c1-12-3-6-16-18(7-12)23(19(25)9-15(11-24)20(16)21)10-14-5-4-13(2)17(22)8-14/h3-8,11H,9-10H2,1-2H3. The molecule has 0 fully saturated rings. The van der Waals surface area contributed by atoms with Crippen molar-refractivity contribution in [3.8, 4) is 0 Å². The topological polar surface area (TPSA) is 37.4 Å². The van der Waals surface area contributed by atoms with E-state index in [1.165, 1.54) is 6.07 Å². The van der Waals surface area contributed by atoms with Crippen molar-refractivity contribution in [3.05, 3.63) is 70.0 Å². The van der Waals surface area contributed by atoms with Gasteiger partial charge in [-0.05, 0) is 58.6 Å². The van der Waals surface area contributed by atoms with Gasteiger partial charge in [-0.2, -0.15) is 0 Å². The van der Waals surface area contributed by atoms with Crippen LogP contribution in [0, 0.1) is 19.7 Å². The lowest BCUT2D eigenvalue weighted by Gasteiger charge is -2.24. The highest BCUT2D eigenvalue weighted by atomic mass is 79.9. The Hall–Kier alpha value is -2.27. The Bertz CT molecular complexity index is 905. The fraction of sp³-hybridized carbons (Fsp3) is 0.200. The van der Waals surface area contributed by atoms with Crippen LogP contribution in [0.15, 0.2) is 42.0 Å². The number of amides is 1. The molecule has 3 nitrogen and oxygen atoms in total. The van der Waals surface area contributed by atoms with E-state index < -0.39 is 0 Å². The Balaban J connectivity index is 2.09. The van der Waals surface area contributed by atoms with Gasteiger partial charge in [0, 0.05) is 15.6 Å².